The van der Waals surface area contributed by atoms with Crippen LogP contribution in [0.15, 0.2) is 320 Å². The van der Waals surface area contributed by atoms with Gasteiger partial charge in [-0.3, -0.25) is 0 Å². The van der Waals surface area contributed by atoms with E-state index in [1.165, 1.54) is 27.5 Å². The molecule has 0 spiro atoms. The molecule has 14 rings (SSSR count). The summed E-state index contributed by atoms with van der Waals surface area (Å²) in [5.41, 5.74) is 21.7. The minimum atomic E-state index is 0.890. The lowest BCUT2D eigenvalue weighted by atomic mass is 9.94. The van der Waals surface area contributed by atoms with Crippen molar-refractivity contribution in [1.82, 2.24) is 0 Å². The van der Waals surface area contributed by atoms with Crippen LogP contribution in [-0.4, -0.2) is 0 Å². The van der Waals surface area contributed by atoms with E-state index in [0.29, 0.717) is 0 Å². The van der Waals surface area contributed by atoms with Crippen LogP contribution in [-0.2, 0) is 0 Å². The molecule has 0 unspecified atom stereocenters. The summed E-state index contributed by atoms with van der Waals surface area (Å²) in [4.78, 5) is 4.85. The predicted molar refractivity (Wildman–Crippen MR) is 333 cm³/mol. The van der Waals surface area contributed by atoms with E-state index in [9.17, 15) is 0 Å². The van der Waals surface area contributed by atoms with Gasteiger partial charge in [0.05, 0.1) is 17.1 Å². The van der Waals surface area contributed by atoms with Crippen molar-refractivity contribution in [3.8, 4) is 66.8 Å². The van der Waals surface area contributed by atoms with Crippen molar-refractivity contribution in [3.63, 3.8) is 0 Å². The molecule has 0 amide bonds. The van der Waals surface area contributed by atoms with Gasteiger partial charge in [-0.2, -0.15) is 0 Å². The molecule has 372 valence electrons. The number of para-hydroxylation sites is 4. The summed E-state index contributed by atoms with van der Waals surface area (Å²) >= 11 is 0. The number of hydrogen-bond acceptors (Lipinski definition) is 3. The molecule has 0 saturated heterocycles. The summed E-state index contributed by atoms with van der Waals surface area (Å²) in [6.07, 6.45) is 0. The highest BCUT2D eigenvalue weighted by Gasteiger charge is 2.24. The van der Waals surface area contributed by atoms with Gasteiger partial charge in [0.1, 0.15) is 11.2 Å². The van der Waals surface area contributed by atoms with Gasteiger partial charge >= 0.3 is 0 Å². The van der Waals surface area contributed by atoms with Gasteiger partial charge in [-0.25, -0.2) is 0 Å². The molecule has 1 aromatic heterocycles. The number of hydrogen-bond donors (Lipinski definition) is 0. The second kappa shape index (κ2) is 20.6. The molecule has 0 aliphatic carbocycles. The zero-order chi connectivity index (χ0) is 52.5. The molecule has 1 heterocycles. The summed E-state index contributed by atoms with van der Waals surface area (Å²) < 4.78 is 6.74. The van der Waals surface area contributed by atoms with E-state index in [1.54, 1.807) is 0 Å². The van der Waals surface area contributed by atoms with E-state index in [4.69, 9.17) is 4.42 Å². The quantitative estimate of drug-likeness (QED) is 0.122. The number of rotatable bonds is 12. The molecule has 3 heteroatoms. The molecule has 0 N–H and O–H groups in total. The van der Waals surface area contributed by atoms with Crippen LogP contribution in [0.1, 0.15) is 0 Å². The Labute approximate surface area is 460 Å². The number of fused-ring (bicyclic) bond motifs is 4. The van der Waals surface area contributed by atoms with Gasteiger partial charge in [0, 0.05) is 50.1 Å². The van der Waals surface area contributed by atoms with Crippen molar-refractivity contribution in [1.29, 1.82) is 0 Å². The van der Waals surface area contributed by atoms with Crippen molar-refractivity contribution in [2.24, 2.45) is 0 Å². The van der Waals surface area contributed by atoms with E-state index < -0.39 is 0 Å². The van der Waals surface area contributed by atoms with Crippen LogP contribution < -0.4 is 9.80 Å². The molecule has 0 atom stereocenters. The third-order valence-corrected chi connectivity index (χ3v) is 15.2. The first-order chi connectivity index (χ1) is 39.2. The van der Waals surface area contributed by atoms with Crippen molar-refractivity contribution in [2.45, 2.75) is 0 Å². The first-order valence-corrected chi connectivity index (χ1v) is 27.0. The zero-order valence-electron chi connectivity index (χ0n) is 43.3. The summed E-state index contributed by atoms with van der Waals surface area (Å²) in [7, 11) is 0. The second-order valence-electron chi connectivity index (χ2n) is 20.0. The van der Waals surface area contributed by atoms with E-state index in [-0.39, 0.29) is 0 Å². The smallest absolute Gasteiger partial charge is 0.143 e. The van der Waals surface area contributed by atoms with Crippen LogP contribution in [0, 0.1) is 0 Å². The minimum Gasteiger partial charge on any atom is -0.455 e. The fourth-order valence-electron chi connectivity index (χ4n) is 11.5. The summed E-state index contributed by atoms with van der Waals surface area (Å²) in [6.45, 7) is 0. The molecule has 79 heavy (non-hydrogen) atoms. The van der Waals surface area contributed by atoms with Crippen LogP contribution in [0.5, 0.6) is 0 Å². The largest absolute Gasteiger partial charge is 0.455 e. The summed E-state index contributed by atoms with van der Waals surface area (Å²) in [5.74, 6) is 0. The average molecular weight is 1010 g/mol. The van der Waals surface area contributed by atoms with Gasteiger partial charge in [-0.1, -0.05) is 249 Å². The molecule has 0 saturated carbocycles. The highest BCUT2D eigenvalue weighted by atomic mass is 16.3. The molecule has 13 aromatic carbocycles. The molecule has 14 aromatic rings. The Morgan fingerprint density at radius 2 is 0.595 bits per heavy atom. The normalized spacial score (nSPS) is 11.3. The van der Waals surface area contributed by atoms with Crippen LogP contribution in [0.4, 0.5) is 34.1 Å². The Morgan fingerprint density at radius 3 is 1.15 bits per heavy atom. The summed E-state index contributed by atoms with van der Waals surface area (Å²) in [5, 5.41) is 4.60. The van der Waals surface area contributed by atoms with Gasteiger partial charge in [-0.15, -0.1) is 0 Å². The van der Waals surface area contributed by atoms with Crippen molar-refractivity contribution in [3.05, 3.63) is 315 Å². The maximum atomic E-state index is 6.74. The maximum Gasteiger partial charge on any atom is 0.143 e. The predicted octanol–water partition coefficient (Wildman–Crippen LogP) is 21.7. The standard InChI is InChI=1S/C76H52N2O/c1-4-23-53(24-5-1)64-35-12-13-36-65(64)59-31-20-33-62(49-59)77(72-42-17-14-37-66(72)54-25-6-2-7-26-54)63-34-21-32-60(50-63)68-39-16-19-44-74(68)78(73-43-18-15-38-67(73)55-27-8-3-9-28-55)61-47-45-56(46-48-61)69-40-22-41-70-71-51-57-29-10-11-30-58(57)52-75(71)79-76(69)70/h1-52H. The van der Waals surface area contributed by atoms with E-state index in [2.05, 4.69) is 325 Å². The van der Waals surface area contributed by atoms with Gasteiger partial charge in [-0.05, 0) is 122 Å². The molecule has 3 nitrogen and oxygen atoms in total. The number of benzene rings is 13. The topological polar surface area (TPSA) is 19.6 Å². The average Bonchev–Trinajstić information content (AvgIpc) is 4.05. The van der Waals surface area contributed by atoms with Crippen molar-refractivity contribution < 1.29 is 4.42 Å². The summed E-state index contributed by atoms with van der Waals surface area (Å²) in [6, 6.07) is 114. The van der Waals surface area contributed by atoms with Gasteiger partial charge in [0.2, 0.25) is 0 Å². The van der Waals surface area contributed by atoms with Gasteiger partial charge in [0.25, 0.3) is 0 Å². The van der Waals surface area contributed by atoms with Crippen LogP contribution in [0.2, 0.25) is 0 Å². The fourth-order valence-corrected chi connectivity index (χ4v) is 11.5. The van der Waals surface area contributed by atoms with E-state index in [1.807, 2.05) is 0 Å². The third kappa shape index (κ3) is 8.89. The highest BCUT2D eigenvalue weighted by Crippen LogP contribution is 2.48. The Morgan fingerprint density at radius 1 is 0.215 bits per heavy atom. The Bertz CT molecular complexity index is 4490. The van der Waals surface area contributed by atoms with Crippen LogP contribution in [0.25, 0.3) is 99.5 Å². The first kappa shape index (κ1) is 47.0. The zero-order valence-corrected chi connectivity index (χ0v) is 43.3. The fraction of sp³-hybridized carbons (Fsp3) is 0. The molecule has 0 radical (unpaired) electrons. The second-order valence-corrected chi connectivity index (χ2v) is 20.0. The lowest BCUT2D eigenvalue weighted by Gasteiger charge is -2.31. The van der Waals surface area contributed by atoms with E-state index in [0.717, 1.165) is 106 Å². The third-order valence-electron chi connectivity index (χ3n) is 15.2. The van der Waals surface area contributed by atoms with Gasteiger partial charge < -0.3 is 14.2 Å². The highest BCUT2D eigenvalue weighted by molar-refractivity contribution is 6.13. The number of anilines is 6. The molecule has 0 fully saturated rings. The SMILES string of the molecule is c1ccc(-c2ccccc2-c2cccc(N(c3cccc(-c4ccccc4N(c4ccc(-c5cccc6c5oc5cc7ccccc7cc56)cc4)c4ccccc4-c4ccccc4)c3)c3ccccc3-c3ccccc3)c2)cc1. The van der Waals surface area contributed by atoms with E-state index >= 15 is 0 Å². The lowest BCUT2D eigenvalue weighted by Crippen LogP contribution is -2.13. The van der Waals surface area contributed by atoms with Crippen molar-refractivity contribution in [2.75, 3.05) is 9.80 Å². The molecule has 0 bridgehead atoms. The Kier molecular flexibility index (Phi) is 12.2. The molecule has 0 aliphatic rings. The first-order valence-electron chi connectivity index (χ1n) is 27.0. The molecule has 0 aliphatic heterocycles. The monoisotopic (exact) mass is 1010 g/mol. The van der Waals surface area contributed by atoms with Crippen molar-refractivity contribution >= 4 is 66.8 Å². The minimum absolute atomic E-state index is 0.890. The Hall–Kier alpha value is -10.5. The lowest BCUT2D eigenvalue weighted by molar-refractivity contribution is 0.670. The Balaban J connectivity index is 0.919. The van der Waals surface area contributed by atoms with Crippen LogP contribution in [0.3, 0.4) is 0 Å². The number of furan rings is 1. The number of nitrogens with zero attached hydrogens (tertiary/aromatic N) is 2. The van der Waals surface area contributed by atoms with Crippen LogP contribution >= 0.6 is 0 Å². The molecular formula is C76H52N2O. The molecular weight excluding hydrogens is 957 g/mol. The maximum absolute atomic E-state index is 6.74. The van der Waals surface area contributed by atoms with Gasteiger partial charge in [0.15, 0.2) is 0 Å².